The van der Waals surface area contributed by atoms with Crippen LogP contribution in [-0.4, -0.2) is 49.5 Å². The first kappa shape index (κ1) is 25.3. The van der Waals surface area contributed by atoms with Gasteiger partial charge in [-0.25, -0.2) is 24.3 Å². The number of hydrogen-bond acceptors (Lipinski definition) is 7. The Morgan fingerprint density at radius 2 is 1.86 bits per heavy atom. The summed E-state index contributed by atoms with van der Waals surface area (Å²) in [5.74, 6) is -0.470. The van der Waals surface area contributed by atoms with Crippen LogP contribution in [0.2, 0.25) is 5.02 Å². The predicted molar refractivity (Wildman–Crippen MR) is 130 cm³/mol. The van der Waals surface area contributed by atoms with Crippen molar-refractivity contribution >= 4 is 22.8 Å². The molecule has 0 N–H and O–H groups in total. The van der Waals surface area contributed by atoms with Crippen LogP contribution in [0.4, 0.5) is 13.2 Å². The minimum atomic E-state index is -3.07. The summed E-state index contributed by atoms with van der Waals surface area (Å²) in [4.78, 5) is 17.4. The average molecular weight is 533 g/mol. The largest absolute Gasteiger partial charge is 0.415 e. The molecule has 0 amide bonds. The van der Waals surface area contributed by atoms with Crippen LogP contribution in [0.5, 0.6) is 5.88 Å². The Balaban J connectivity index is 0.000000295. The van der Waals surface area contributed by atoms with Gasteiger partial charge in [0, 0.05) is 42.1 Å². The lowest BCUT2D eigenvalue weighted by Gasteiger charge is -2.21. The number of aryl methyl sites for hydroxylation is 1. The van der Waals surface area contributed by atoms with Crippen LogP contribution < -0.4 is 4.74 Å². The van der Waals surface area contributed by atoms with Crippen LogP contribution in [0.1, 0.15) is 49.2 Å². The second-order valence-corrected chi connectivity index (χ2v) is 9.26. The van der Waals surface area contributed by atoms with Crippen LogP contribution in [0.25, 0.3) is 22.4 Å². The molecule has 6 rings (SSSR count). The fraction of sp³-hybridized carbons (Fsp3) is 0.400. The third kappa shape index (κ3) is 5.99. The van der Waals surface area contributed by atoms with Gasteiger partial charge in [-0.3, -0.25) is 4.68 Å². The zero-order valence-corrected chi connectivity index (χ0v) is 20.7. The first-order valence-electron chi connectivity index (χ1n) is 11.9. The molecule has 0 atom stereocenters. The van der Waals surface area contributed by atoms with Crippen molar-refractivity contribution in [1.82, 2.24) is 29.7 Å². The van der Waals surface area contributed by atoms with Crippen molar-refractivity contribution in [2.75, 3.05) is 13.2 Å². The topological polar surface area (TPSA) is 87.8 Å². The zero-order chi connectivity index (χ0) is 25.9. The molecule has 8 nitrogen and oxygen atoms in total. The molecule has 2 fully saturated rings. The molecule has 4 heterocycles. The highest BCUT2D eigenvalue weighted by atomic mass is 35.5. The molecular weight excluding hydrogens is 509 g/mol. The summed E-state index contributed by atoms with van der Waals surface area (Å²) in [6, 6.07) is 6.84. The van der Waals surface area contributed by atoms with E-state index in [-0.39, 0.29) is 44.9 Å². The molecule has 12 heteroatoms. The summed E-state index contributed by atoms with van der Waals surface area (Å²) in [6.07, 6.45) is 7.93. The van der Waals surface area contributed by atoms with Gasteiger partial charge in [0.25, 0.3) is 0 Å². The first-order chi connectivity index (χ1) is 17.9. The minimum absolute atomic E-state index is 0.0151. The van der Waals surface area contributed by atoms with E-state index in [9.17, 15) is 13.2 Å². The average Bonchev–Trinajstić information content (AvgIpc) is 3.58. The summed E-state index contributed by atoms with van der Waals surface area (Å²) in [5, 5.41) is 4.32. The van der Waals surface area contributed by atoms with Gasteiger partial charge in [0.05, 0.1) is 6.04 Å². The number of halogens is 4. The van der Waals surface area contributed by atoms with Crippen LogP contribution in [0.3, 0.4) is 0 Å². The molecule has 1 aromatic carbocycles. The van der Waals surface area contributed by atoms with E-state index in [0.717, 1.165) is 12.1 Å². The standard InChI is InChI=1S/C19H16ClF3N4O2.C6H8N2/c1-9-18(29-19(22)23)26-15-14(12-3-2-11(20)8-13(12)21)25-16(27-17(15)24-9)10-4-6-28-7-5-10;1-4-7-8(5-1)6-2-3-6/h2-3,8,10,19H,4-7H2,1H3;1,4-6H,2-3H2. The molecule has 0 radical (unpaired) electrons. The normalized spacial score (nSPS) is 16.1. The quantitative estimate of drug-likeness (QED) is 0.316. The van der Waals surface area contributed by atoms with Gasteiger partial charge in [0.2, 0.25) is 5.88 Å². The molecule has 1 aliphatic carbocycles. The number of aromatic nitrogens is 6. The van der Waals surface area contributed by atoms with Crippen molar-refractivity contribution in [2.45, 2.75) is 51.2 Å². The van der Waals surface area contributed by atoms with Gasteiger partial charge in [-0.1, -0.05) is 11.6 Å². The maximum atomic E-state index is 14.7. The van der Waals surface area contributed by atoms with Crippen LogP contribution in [0.15, 0.2) is 36.7 Å². The second-order valence-electron chi connectivity index (χ2n) is 8.82. The summed E-state index contributed by atoms with van der Waals surface area (Å²) in [5.41, 5.74) is 0.679. The van der Waals surface area contributed by atoms with Crippen molar-refractivity contribution in [1.29, 1.82) is 0 Å². The zero-order valence-electron chi connectivity index (χ0n) is 20.0. The Hall–Kier alpha value is -3.31. The van der Waals surface area contributed by atoms with E-state index < -0.39 is 12.4 Å². The Labute approximate surface area is 215 Å². The van der Waals surface area contributed by atoms with Gasteiger partial charge < -0.3 is 9.47 Å². The van der Waals surface area contributed by atoms with Gasteiger partial charge in [-0.15, -0.1) is 0 Å². The van der Waals surface area contributed by atoms with E-state index in [1.54, 1.807) is 0 Å². The number of nitrogens with zero attached hydrogens (tertiary/aromatic N) is 6. The number of rotatable bonds is 5. The van der Waals surface area contributed by atoms with E-state index in [2.05, 4.69) is 29.8 Å². The molecule has 1 saturated carbocycles. The van der Waals surface area contributed by atoms with Crippen LogP contribution in [-0.2, 0) is 4.74 Å². The van der Waals surface area contributed by atoms with Crippen molar-refractivity contribution in [3.05, 3.63) is 59.0 Å². The molecule has 0 spiro atoms. The van der Waals surface area contributed by atoms with Gasteiger partial charge >= 0.3 is 6.61 Å². The molecule has 4 aromatic rings. The Morgan fingerprint density at radius 3 is 2.51 bits per heavy atom. The number of fused-ring (bicyclic) bond motifs is 1. The van der Waals surface area contributed by atoms with Crippen molar-refractivity contribution in [3.8, 4) is 17.1 Å². The summed E-state index contributed by atoms with van der Waals surface area (Å²) in [7, 11) is 0. The lowest BCUT2D eigenvalue weighted by Crippen LogP contribution is -2.17. The molecule has 37 heavy (non-hydrogen) atoms. The molecule has 3 aromatic heterocycles. The van der Waals surface area contributed by atoms with E-state index >= 15 is 0 Å². The monoisotopic (exact) mass is 532 g/mol. The van der Waals surface area contributed by atoms with E-state index in [1.807, 2.05) is 23.1 Å². The lowest BCUT2D eigenvalue weighted by molar-refractivity contribution is -0.0534. The molecule has 0 bridgehead atoms. The number of benzene rings is 1. The smallest absolute Gasteiger partial charge is 0.388 e. The van der Waals surface area contributed by atoms with Crippen molar-refractivity contribution in [3.63, 3.8) is 0 Å². The fourth-order valence-corrected chi connectivity index (χ4v) is 4.23. The maximum absolute atomic E-state index is 14.7. The Kier molecular flexibility index (Phi) is 7.52. The molecule has 194 valence electrons. The summed E-state index contributed by atoms with van der Waals surface area (Å²) in [6.45, 7) is -0.438. The number of hydrogen-bond donors (Lipinski definition) is 0. The highest BCUT2D eigenvalue weighted by molar-refractivity contribution is 6.30. The molecule has 1 aliphatic heterocycles. The van der Waals surface area contributed by atoms with Gasteiger partial charge in [-0.2, -0.15) is 13.9 Å². The first-order valence-corrected chi connectivity index (χ1v) is 12.3. The molecular formula is C25H24ClF3N6O2. The summed E-state index contributed by atoms with van der Waals surface area (Å²) < 4.78 is 52.0. The molecule has 1 saturated heterocycles. The van der Waals surface area contributed by atoms with E-state index in [0.29, 0.717) is 31.9 Å². The van der Waals surface area contributed by atoms with Crippen molar-refractivity contribution < 1.29 is 22.6 Å². The second kappa shape index (κ2) is 11.0. The van der Waals surface area contributed by atoms with Crippen LogP contribution >= 0.6 is 11.6 Å². The number of alkyl halides is 2. The lowest BCUT2D eigenvalue weighted by atomic mass is 9.99. The Bertz CT molecular complexity index is 1380. The predicted octanol–water partition coefficient (Wildman–Crippen LogP) is 5.90. The van der Waals surface area contributed by atoms with Crippen molar-refractivity contribution in [2.24, 2.45) is 0 Å². The third-order valence-corrected chi connectivity index (χ3v) is 6.33. The third-order valence-electron chi connectivity index (χ3n) is 6.10. The summed E-state index contributed by atoms with van der Waals surface area (Å²) >= 11 is 5.86. The molecule has 0 unspecified atom stereocenters. The van der Waals surface area contributed by atoms with Gasteiger partial charge in [-0.05, 0) is 56.9 Å². The van der Waals surface area contributed by atoms with Gasteiger partial charge in [0.1, 0.15) is 28.5 Å². The van der Waals surface area contributed by atoms with Gasteiger partial charge in [0.15, 0.2) is 5.65 Å². The SMILES string of the molecule is Cc1nc2nc(C3CCOCC3)nc(-c3ccc(Cl)cc3F)c2nc1OC(F)F.c1cnn(C2CC2)c1. The fourth-order valence-electron chi connectivity index (χ4n) is 4.07. The van der Waals surface area contributed by atoms with E-state index in [4.69, 9.17) is 16.3 Å². The minimum Gasteiger partial charge on any atom is -0.415 e. The maximum Gasteiger partial charge on any atom is 0.388 e. The van der Waals surface area contributed by atoms with E-state index in [1.165, 1.54) is 31.9 Å². The number of ether oxygens (including phenoxy) is 2. The van der Waals surface area contributed by atoms with Crippen LogP contribution in [0, 0.1) is 12.7 Å². The molecule has 2 aliphatic rings. The highest BCUT2D eigenvalue weighted by Gasteiger charge is 2.25. The highest BCUT2D eigenvalue weighted by Crippen LogP contribution is 2.34. The Morgan fingerprint density at radius 1 is 1.08 bits per heavy atom.